The van der Waals surface area contributed by atoms with Crippen molar-refractivity contribution in [2.45, 2.75) is 11.4 Å². The van der Waals surface area contributed by atoms with E-state index in [-0.39, 0.29) is 5.83 Å². The first-order valence-electron chi connectivity index (χ1n) is 2.62. The van der Waals surface area contributed by atoms with Crippen LogP contribution in [0.15, 0.2) is 24.2 Å². The van der Waals surface area contributed by atoms with E-state index in [0.717, 1.165) is 0 Å². The zero-order chi connectivity index (χ0) is 6.91. The maximum Gasteiger partial charge on any atom is 0.142 e. The Morgan fingerprint density at radius 1 is 1.78 bits per heavy atom. The third kappa shape index (κ3) is 1.33. The van der Waals surface area contributed by atoms with Crippen LogP contribution in [-0.2, 0) is 0 Å². The smallest absolute Gasteiger partial charge is 0.142 e. The number of dihydropyridines is 1. The minimum atomic E-state index is -0.693. The molecular weight excluding hydrogens is 185 g/mol. The number of alkyl halides is 1. The molecule has 1 heterocycles. The van der Waals surface area contributed by atoms with Gasteiger partial charge in [-0.25, -0.2) is 4.39 Å². The molecule has 1 nitrogen and oxygen atoms in total. The fourth-order valence-electron chi connectivity index (χ4n) is 0.563. The topological polar surface area (TPSA) is 12.0 Å². The van der Waals surface area contributed by atoms with E-state index in [0.29, 0.717) is 0 Å². The molecule has 1 rings (SSSR count). The molecule has 0 radical (unpaired) electrons. The first-order valence-corrected chi connectivity index (χ1v) is 3.41. The molecule has 0 aromatic heterocycles. The lowest BCUT2D eigenvalue weighted by Gasteiger charge is -2.22. The molecule has 0 bridgehead atoms. The molecule has 0 saturated heterocycles. The number of hydrogen-bond donors (Lipinski definition) is 1. The highest BCUT2D eigenvalue weighted by molar-refractivity contribution is 9.10. The molecule has 1 atom stereocenters. The second-order valence-electron chi connectivity index (χ2n) is 2.02. The summed E-state index contributed by atoms with van der Waals surface area (Å²) in [6.07, 6.45) is 4.74. The van der Waals surface area contributed by atoms with Crippen LogP contribution < -0.4 is 5.32 Å². The first-order chi connectivity index (χ1) is 4.13. The SMILES string of the molecule is CC1(Br)NC=CC=C1F. The quantitative estimate of drug-likeness (QED) is 0.457. The molecular formula is C6H7BrFN. The normalized spacial score (nSPS) is 33.4. The Balaban J connectivity index is 2.83. The molecule has 0 fully saturated rings. The highest BCUT2D eigenvalue weighted by atomic mass is 79.9. The van der Waals surface area contributed by atoms with E-state index >= 15 is 0 Å². The molecule has 0 spiro atoms. The summed E-state index contributed by atoms with van der Waals surface area (Å²) in [5, 5.41) is 2.80. The summed E-state index contributed by atoms with van der Waals surface area (Å²) in [4.78, 5) is 0. The largest absolute Gasteiger partial charge is 0.371 e. The fraction of sp³-hybridized carbons (Fsp3) is 0.333. The van der Waals surface area contributed by atoms with Gasteiger partial charge in [0.05, 0.1) is 0 Å². The zero-order valence-corrected chi connectivity index (χ0v) is 6.57. The molecule has 1 N–H and O–H groups in total. The number of halogens is 2. The van der Waals surface area contributed by atoms with Gasteiger partial charge in [0.2, 0.25) is 0 Å². The number of hydrogen-bond acceptors (Lipinski definition) is 1. The molecule has 50 valence electrons. The zero-order valence-electron chi connectivity index (χ0n) is 4.99. The predicted molar refractivity (Wildman–Crippen MR) is 38.8 cm³/mol. The van der Waals surface area contributed by atoms with Gasteiger partial charge in [0.1, 0.15) is 10.3 Å². The van der Waals surface area contributed by atoms with Gasteiger partial charge in [-0.2, -0.15) is 0 Å². The van der Waals surface area contributed by atoms with Crippen molar-refractivity contribution in [3.63, 3.8) is 0 Å². The number of allylic oxidation sites excluding steroid dienone is 2. The van der Waals surface area contributed by atoms with Crippen molar-refractivity contribution in [2.75, 3.05) is 0 Å². The van der Waals surface area contributed by atoms with Gasteiger partial charge >= 0.3 is 0 Å². The number of nitrogens with one attached hydrogen (secondary N) is 1. The van der Waals surface area contributed by atoms with Crippen molar-refractivity contribution in [1.82, 2.24) is 5.32 Å². The molecule has 0 saturated carbocycles. The Bertz CT molecular complexity index is 172. The predicted octanol–water partition coefficient (Wildman–Crippen LogP) is 2.07. The lowest BCUT2D eigenvalue weighted by atomic mass is 10.2. The Labute approximate surface area is 61.8 Å². The second-order valence-corrected chi connectivity index (χ2v) is 3.61. The van der Waals surface area contributed by atoms with E-state index in [1.165, 1.54) is 6.08 Å². The van der Waals surface area contributed by atoms with Crippen LogP contribution in [0, 0.1) is 0 Å². The van der Waals surface area contributed by atoms with Crippen LogP contribution in [-0.4, -0.2) is 4.45 Å². The molecule has 3 heteroatoms. The van der Waals surface area contributed by atoms with Crippen LogP contribution >= 0.6 is 15.9 Å². The maximum absolute atomic E-state index is 12.7. The van der Waals surface area contributed by atoms with Crippen LogP contribution in [0.5, 0.6) is 0 Å². The second kappa shape index (κ2) is 2.14. The highest BCUT2D eigenvalue weighted by Gasteiger charge is 2.25. The van der Waals surface area contributed by atoms with E-state index in [2.05, 4.69) is 21.2 Å². The van der Waals surface area contributed by atoms with Crippen LogP contribution in [0.3, 0.4) is 0 Å². The van der Waals surface area contributed by atoms with Gasteiger partial charge in [0, 0.05) is 0 Å². The van der Waals surface area contributed by atoms with Crippen LogP contribution in [0.4, 0.5) is 4.39 Å². The standard InChI is InChI=1S/C6H7BrFN/c1-6(7)5(8)3-2-4-9-6/h2-4,9H,1H3. The van der Waals surface area contributed by atoms with Crippen molar-refractivity contribution >= 4 is 15.9 Å². The Kier molecular flexibility index (Phi) is 1.62. The number of rotatable bonds is 0. The molecule has 1 aliphatic rings. The van der Waals surface area contributed by atoms with Gasteiger partial charge < -0.3 is 5.32 Å². The van der Waals surface area contributed by atoms with Crippen LogP contribution in [0.1, 0.15) is 6.92 Å². The van der Waals surface area contributed by atoms with Gasteiger partial charge in [-0.1, -0.05) is 15.9 Å². The highest BCUT2D eigenvalue weighted by Crippen LogP contribution is 2.26. The van der Waals surface area contributed by atoms with E-state index < -0.39 is 4.45 Å². The molecule has 1 unspecified atom stereocenters. The summed E-state index contributed by atoms with van der Waals surface area (Å²) in [6, 6.07) is 0. The minimum absolute atomic E-state index is 0.204. The lowest BCUT2D eigenvalue weighted by molar-refractivity contribution is 0.496. The molecule has 0 aromatic carbocycles. The summed E-state index contributed by atoms with van der Waals surface area (Å²) >= 11 is 3.15. The average Bonchev–Trinajstić information content (AvgIpc) is 1.77. The summed E-state index contributed by atoms with van der Waals surface area (Å²) < 4.78 is 12.0. The summed E-state index contributed by atoms with van der Waals surface area (Å²) in [7, 11) is 0. The van der Waals surface area contributed by atoms with Gasteiger partial charge in [0.15, 0.2) is 0 Å². The van der Waals surface area contributed by atoms with Gasteiger partial charge in [-0.15, -0.1) is 0 Å². The van der Waals surface area contributed by atoms with Gasteiger partial charge in [-0.3, -0.25) is 0 Å². The molecule has 0 amide bonds. The summed E-state index contributed by atoms with van der Waals surface area (Å²) in [5.41, 5.74) is 0. The van der Waals surface area contributed by atoms with Crippen LogP contribution in [0.2, 0.25) is 0 Å². The van der Waals surface area contributed by atoms with Crippen molar-refractivity contribution in [3.8, 4) is 0 Å². The average molecular weight is 192 g/mol. The molecule has 0 aliphatic carbocycles. The summed E-state index contributed by atoms with van der Waals surface area (Å²) in [6.45, 7) is 1.71. The Hall–Kier alpha value is -0.310. The van der Waals surface area contributed by atoms with E-state index in [4.69, 9.17) is 0 Å². The maximum atomic E-state index is 12.7. The lowest BCUT2D eigenvalue weighted by Crippen LogP contribution is -2.34. The first kappa shape index (κ1) is 6.81. The van der Waals surface area contributed by atoms with E-state index in [1.807, 2.05) is 0 Å². The minimum Gasteiger partial charge on any atom is -0.371 e. The van der Waals surface area contributed by atoms with Crippen molar-refractivity contribution < 1.29 is 4.39 Å². The monoisotopic (exact) mass is 191 g/mol. The van der Waals surface area contributed by atoms with Crippen molar-refractivity contribution in [1.29, 1.82) is 0 Å². The van der Waals surface area contributed by atoms with Gasteiger partial charge in [0.25, 0.3) is 0 Å². The Morgan fingerprint density at radius 3 is 2.78 bits per heavy atom. The van der Waals surface area contributed by atoms with E-state index in [9.17, 15) is 4.39 Å². The summed E-state index contributed by atoms with van der Waals surface area (Å²) in [5.74, 6) is -0.204. The Morgan fingerprint density at radius 2 is 2.44 bits per heavy atom. The third-order valence-electron chi connectivity index (χ3n) is 1.14. The van der Waals surface area contributed by atoms with Crippen LogP contribution in [0.25, 0.3) is 0 Å². The van der Waals surface area contributed by atoms with Gasteiger partial charge in [-0.05, 0) is 25.3 Å². The molecule has 1 aliphatic heterocycles. The third-order valence-corrected chi connectivity index (χ3v) is 1.75. The van der Waals surface area contributed by atoms with Crippen molar-refractivity contribution in [3.05, 3.63) is 24.2 Å². The van der Waals surface area contributed by atoms with Crippen molar-refractivity contribution in [2.24, 2.45) is 0 Å². The molecule has 0 aromatic rings. The fourth-order valence-corrected chi connectivity index (χ4v) is 0.827. The van der Waals surface area contributed by atoms with E-state index in [1.54, 1.807) is 19.2 Å². The molecule has 9 heavy (non-hydrogen) atoms.